The van der Waals surface area contributed by atoms with E-state index in [9.17, 15) is 18.0 Å². The minimum Gasteiger partial charge on any atom is -0.497 e. The third kappa shape index (κ3) is 10.1. The lowest BCUT2D eigenvalue weighted by molar-refractivity contribution is -0.142. The number of benzene rings is 4. The number of nitrogens with one attached hydrogen (secondary N) is 1. The molecule has 4 aromatic carbocycles. The van der Waals surface area contributed by atoms with Crippen LogP contribution in [0.25, 0.3) is 0 Å². The van der Waals surface area contributed by atoms with Gasteiger partial charge >= 0.3 is 0 Å². The first-order chi connectivity index (χ1) is 23.7. The quantitative estimate of drug-likeness (QED) is 0.190. The molecule has 1 heterocycles. The highest BCUT2D eigenvalue weighted by atomic mass is 35.5. The van der Waals surface area contributed by atoms with E-state index >= 15 is 0 Å². The second-order valence-electron chi connectivity index (χ2n) is 11.5. The van der Waals surface area contributed by atoms with Crippen molar-refractivity contribution in [1.82, 2.24) is 14.5 Å². The van der Waals surface area contributed by atoms with Gasteiger partial charge in [-0.2, -0.15) is 4.31 Å². The van der Waals surface area contributed by atoms with E-state index in [2.05, 4.69) is 5.32 Å². The molecule has 1 aliphatic heterocycles. The van der Waals surface area contributed by atoms with Crippen molar-refractivity contribution in [2.45, 2.75) is 30.3 Å². The van der Waals surface area contributed by atoms with Crippen LogP contribution in [0.3, 0.4) is 0 Å². The standard InChI is InChI=1S/C37H40ClN3O7S/c1-46-32-13-9-28(10-14-32)19-20-39-37(43)35(25-29-5-3-2-4-6-29)41(26-30-7-11-31(38)12-8-30)36(42)27-48-33-15-17-34(18-16-33)49(44,45)40-21-23-47-24-22-40/h2-18,35H,19-27H2,1H3,(H,39,43). The van der Waals surface area contributed by atoms with Gasteiger partial charge in [-0.3, -0.25) is 9.59 Å². The van der Waals surface area contributed by atoms with Crippen LogP contribution in [0.1, 0.15) is 16.7 Å². The van der Waals surface area contributed by atoms with Crippen LogP contribution >= 0.6 is 11.6 Å². The summed E-state index contributed by atoms with van der Waals surface area (Å²) in [7, 11) is -2.07. The lowest BCUT2D eigenvalue weighted by Crippen LogP contribution is -2.52. The van der Waals surface area contributed by atoms with Crippen molar-refractivity contribution in [3.8, 4) is 11.5 Å². The highest BCUT2D eigenvalue weighted by molar-refractivity contribution is 7.89. The number of hydrogen-bond donors (Lipinski definition) is 1. The molecule has 10 nitrogen and oxygen atoms in total. The lowest BCUT2D eigenvalue weighted by atomic mass is 10.0. The predicted octanol–water partition coefficient (Wildman–Crippen LogP) is 4.75. The van der Waals surface area contributed by atoms with Gasteiger partial charge in [0.1, 0.15) is 17.5 Å². The maximum absolute atomic E-state index is 14.0. The Morgan fingerprint density at radius 2 is 1.49 bits per heavy atom. The van der Waals surface area contributed by atoms with Gasteiger partial charge in [0, 0.05) is 37.6 Å². The Morgan fingerprint density at radius 3 is 2.14 bits per heavy atom. The number of carbonyl (C=O) groups excluding carboxylic acids is 2. The number of hydrogen-bond acceptors (Lipinski definition) is 7. The van der Waals surface area contributed by atoms with Crippen molar-refractivity contribution in [2.24, 2.45) is 0 Å². The smallest absolute Gasteiger partial charge is 0.261 e. The SMILES string of the molecule is COc1ccc(CCNC(=O)C(Cc2ccccc2)N(Cc2ccc(Cl)cc2)C(=O)COc2ccc(S(=O)(=O)N3CCOCC3)cc2)cc1. The predicted molar refractivity (Wildman–Crippen MR) is 187 cm³/mol. The van der Waals surface area contributed by atoms with E-state index in [0.717, 1.165) is 22.4 Å². The van der Waals surface area contributed by atoms with Crippen LogP contribution in [0.5, 0.6) is 11.5 Å². The van der Waals surface area contributed by atoms with Gasteiger partial charge < -0.3 is 24.4 Å². The maximum atomic E-state index is 14.0. The van der Waals surface area contributed by atoms with E-state index in [1.807, 2.05) is 66.7 Å². The van der Waals surface area contributed by atoms with E-state index in [-0.39, 0.29) is 43.5 Å². The summed E-state index contributed by atoms with van der Waals surface area (Å²) in [6.45, 7) is 1.42. The molecule has 258 valence electrons. The normalized spacial score (nSPS) is 14.1. The molecule has 49 heavy (non-hydrogen) atoms. The molecule has 0 aliphatic carbocycles. The van der Waals surface area contributed by atoms with Gasteiger partial charge in [0.05, 0.1) is 25.2 Å². The van der Waals surface area contributed by atoms with Crippen LogP contribution in [0, 0.1) is 0 Å². The monoisotopic (exact) mass is 705 g/mol. The Kier molecular flexibility index (Phi) is 12.7. The lowest BCUT2D eigenvalue weighted by Gasteiger charge is -2.31. The average molecular weight is 706 g/mol. The van der Waals surface area contributed by atoms with Crippen molar-refractivity contribution in [1.29, 1.82) is 0 Å². The maximum Gasteiger partial charge on any atom is 0.261 e. The molecule has 0 radical (unpaired) electrons. The first-order valence-electron chi connectivity index (χ1n) is 16.0. The van der Waals surface area contributed by atoms with E-state index in [1.165, 1.54) is 33.5 Å². The second-order valence-corrected chi connectivity index (χ2v) is 13.9. The number of amides is 2. The number of rotatable bonds is 15. The highest BCUT2D eigenvalue weighted by Gasteiger charge is 2.31. The molecule has 1 unspecified atom stereocenters. The van der Waals surface area contributed by atoms with Crippen molar-refractivity contribution in [3.63, 3.8) is 0 Å². The van der Waals surface area contributed by atoms with Crippen LogP contribution in [0.4, 0.5) is 0 Å². The van der Waals surface area contributed by atoms with E-state index in [4.69, 9.17) is 25.8 Å². The van der Waals surface area contributed by atoms with Crippen LogP contribution in [0.2, 0.25) is 5.02 Å². The molecule has 1 N–H and O–H groups in total. The van der Waals surface area contributed by atoms with Gasteiger partial charge in [0.2, 0.25) is 15.9 Å². The number of methoxy groups -OCH3 is 1. The molecule has 1 saturated heterocycles. The van der Waals surface area contributed by atoms with Crippen LogP contribution < -0.4 is 14.8 Å². The summed E-state index contributed by atoms with van der Waals surface area (Å²) in [5.74, 6) is 0.371. The van der Waals surface area contributed by atoms with E-state index in [1.54, 1.807) is 19.2 Å². The molecule has 5 rings (SSSR count). The fourth-order valence-electron chi connectivity index (χ4n) is 5.45. The van der Waals surface area contributed by atoms with Gasteiger partial charge in [-0.1, -0.05) is 66.2 Å². The molecular formula is C37H40ClN3O7S. The number of ether oxygens (including phenoxy) is 3. The number of sulfonamides is 1. The summed E-state index contributed by atoms with van der Waals surface area (Å²) in [5, 5.41) is 3.59. The largest absolute Gasteiger partial charge is 0.497 e. The number of halogens is 1. The fraction of sp³-hybridized carbons (Fsp3) is 0.297. The molecule has 2 amide bonds. The molecule has 4 aromatic rings. The molecule has 1 aliphatic rings. The van der Waals surface area contributed by atoms with E-state index < -0.39 is 22.0 Å². The topological polar surface area (TPSA) is 114 Å². The van der Waals surface area contributed by atoms with Gasteiger partial charge in [-0.05, 0) is 71.6 Å². The minimum absolute atomic E-state index is 0.131. The Morgan fingerprint density at radius 1 is 0.857 bits per heavy atom. The van der Waals surface area contributed by atoms with Crippen molar-refractivity contribution >= 4 is 33.4 Å². The van der Waals surface area contributed by atoms with Crippen molar-refractivity contribution < 1.29 is 32.2 Å². The Balaban J connectivity index is 1.33. The summed E-state index contributed by atoms with van der Waals surface area (Å²) in [5.41, 5.74) is 2.72. The van der Waals surface area contributed by atoms with E-state index in [0.29, 0.717) is 37.0 Å². The Hall–Kier alpha value is -4.42. The Labute approximate surface area is 292 Å². The molecular weight excluding hydrogens is 666 g/mol. The summed E-state index contributed by atoms with van der Waals surface area (Å²) in [6.07, 6.45) is 0.877. The van der Waals surface area contributed by atoms with Crippen LogP contribution in [-0.2, 0) is 43.7 Å². The van der Waals surface area contributed by atoms with Gasteiger partial charge in [-0.15, -0.1) is 0 Å². The minimum atomic E-state index is -3.68. The van der Waals surface area contributed by atoms with Crippen LogP contribution in [-0.4, -0.2) is 82.0 Å². The summed E-state index contributed by atoms with van der Waals surface area (Å²) < 4.78 is 43.9. The second kappa shape index (κ2) is 17.3. The van der Waals surface area contributed by atoms with Crippen LogP contribution in [0.15, 0.2) is 108 Å². The number of carbonyl (C=O) groups is 2. The zero-order valence-electron chi connectivity index (χ0n) is 27.3. The third-order valence-electron chi connectivity index (χ3n) is 8.20. The zero-order valence-corrected chi connectivity index (χ0v) is 28.9. The number of morpholine rings is 1. The summed E-state index contributed by atoms with van der Waals surface area (Å²) >= 11 is 6.14. The molecule has 0 saturated carbocycles. The van der Waals surface area contributed by atoms with Crippen molar-refractivity contribution in [3.05, 3.63) is 125 Å². The van der Waals surface area contributed by atoms with Gasteiger partial charge in [0.25, 0.3) is 5.91 Å². The highest BCUT2D eigenvalue weighted by Crippen LogP contribution is 2.22. The summed E-state index contributed by atoms with van der Waals surface area (Å²) in [4.78, 5) is 29.5. The number of nitrogens with zero attached hydrogens (tertiary/aromatic N) is 2. The molecule has 1 fully saturated rings. The molecule has 0 spiro atoms. The third-order valence-corrected chi connectivity index (χ3v) is 10.4. The molecule has 0 aromatic heterocycles. The molecule has 0 bridgehead atoms. The van der Waals surface area contributed by atoms with Gasteiger partial charge in [-0.25, -0.2) is 8.42 Å². The van der Waals surface area contributed by atoms with Crippen molar-refractivity contribution in [2.75, 3.05) is 46.6 Å². The zero-order chi connectivity index (χ0) is 34.6. The average Bonchev–Trinajstić information content (AvgIpc) is 3.14. The first kappa shape index (κ1) is 35.9. The summed E-state index contributed by atoms with van der Waals surface area (Å²) in [6, 6.07) is 29.4. The Bertz CT molecular complexity index is 1770. The first-order valence-corrected chi connectivity index (χ1v) is 17.8. The van der Waals surface area contributed by atoms with Gasteiger partial charge in [0.15, 0.2) is 6.61 Å². The molecule has 12 heteroatoms. The fourth-order valence-corrected chi connectivity index (χ4v) is 6.99. The molecule has 1 atom stereocenters.